The van der Waals surface area contributed by atoms with Crippen molar-refractivity contribution in [3.8, 4) is 11.4 Å². The maximum atomic E-state index is 11.9. The Hall–Kier alpha value is -2.23. The van der Waals surface area contributed by atoms with E-state index in [4.69, 9.17) is 0 Å². The minimum absolute atomic E-state index is 0.135. The number of aryl methyl sites for hydroxylation is 1. The Morgan fingerprint density at radius 2 is 2.04 bits per heavy atom. The Labute approximate surface area is 140 Å². The molecule has 0 bridgehead atoms. The van der Waals surface area contributed by atoms with E-state index in [0.29, 0.717) is 16.7 Å². The molecule has 130 valence electrons. The van der Waals surface area contributed by atoms with E-state index >= 15 is 0 Å². The molecule has 0 aliphatic carbocycles. The van der Waals surface area contributed by atoms with Crippen molar-refractivity contribution in [2.24, 2.45) is 0 Å². The van der Waals surface area contributed by atoms with Crippen molar-refractivity contribution < 1.29 is 22.7 Å². The lowest BCUT2D eigenvalue weighted by Crippen LogP contribution is -2.30. The molecule has 0 radical (unpaired) electrons. The highest BCUT2D eigenvalue weighted by atomic mass is 32.2. The lowest BCUT2D eigenvalue weighted by Gasteiger charge is -2.08. The van der Waals surface area contributed by atoms with E-state index in [1.807, 2.05) is 31.2 Å². The Bertz CT molecular complexity index is 673. The van der Waals surface area contributed by atoms with Gasteiger partial charge in [-0.3, -0.25) is 5.10 Å². The summed E-state index contributed by atoms with van der Waals surface area (Å²) in [6, 6.07) is 7.76. The zero-order valence-electron chi connectivity index (χ0n) is 12.7. The zero-order valence-corrected chi connectivity index (χ0v) is 13.5. The third-order valence-corrected chi connectivity index (χ3v) is 3.61. The summed E-state index contributed by atoms with van der Waals surface area (Å²) in [7, 11) is 0. The van der Waals surface area contributed by atoms with Gasteiger partial charge in [0.25, 0.3) is 0 Å². The second-order valence-electron chi connectivity index (χ2n) is 4.80. The van der Waals surface area contributed by atoms with Crippen molar-refractivity contribution in [3.63, 3.8) is 0 Å². The minimum Gasteiger partial charge on any atom is -0.440 e. The van der Waals surface area contributed by atoms with Crippen molar-refractivity contribution in [3.05, 3.63) is 29.8 Å². The van der Waals surface area contributed by atoms with Crippen LogP contribution in [-0.2, 0) is 4.74 Å². The van der Waals surface area contributed by atoms with Gasteiger partial charge in [0.15, 0.2) is 12.4 Å². The minimum atomic E-state index is -4.53. The molecule has 6 nitrogen and oxygen atoms in total. The van der Waals surface area contributed by atoms with Gasteiger partial charge in [0.05, 0.1) is 0 Å². The van der Waals surface area contributed by atoms with Crippen LogP contribution in [0.3, 0.4) is 0 Å². The predicted octanol–water partition coefficient (Wildman–Crippen LogP) is 3.16. The first-order valence-corrected chi connectivity index (χ1v) is 7.92. The van der Waals surface area contributed by atoms with Crippen molar-refractivity contribution in [2.45, 2.75) is 18.3 Å². The van der Waals surface area contributed by atoms with Crippen LogP contribution in [-0.4, -0.2) is 46.4 Å². The van der Waals surface area contributed by atoms with E-state index in [2.05, 4.69) is 25.2 Å². The number of ether oxygens (including phenoxy) is 1. The van der Waals surface area contributed by atoms with Gasteiger partial charge < -0.3 is 10.1 Å². The van der Waals surface area contributed by atoms with Gasteiger partial charge in [-0.1, -0.05) is 41.6 Å². The lowest BCUT2D eigenvalue weighted by atomic mass is 10.1. The standard InChI is InChI=1S/C14H15F3N4O2S/c1-9-2-4-10(5-3-9)11-19-12(21-20-11)24-7-6-18-13(22)23-8-14(15,16)17/h2-5H,6-8H2,1H3,(H,18,22)(H,19,20,21). The number of hydrogen-bond acceptors (Lipinski definition) is 5. The number of rotatable bonds is 6. The molecular weight excluding hydrogens is 345 g/mol. The van der Waals surface area contributed by atoms with Crippen LogP contribution < -0.4 is 5.32 Å². The fraction of sp³-hybridized carbons (Fsp3) is 0.357. The third-order valence-electron chi connectivity index (χ3n) is 2.76. The van der Waals surface area contributed by atoms with Crippen LogP contribution in [0.5, 0.6) is 0 Å². The summed E-state index contributed by atoms with van der Waals surface area (Å²) >= 11 is 1.26. The Kier molecular flexibility index (Phi) is 6.07. The number of nitrogens with zero attached hydrogens (tertiary/aromatic N) is 2. The van der Waals surface area contributed by atoms with Gasteiger partial charge in [-0.2, -0.15) is 13.2 Å². The summed E-state index contributed by atoms with van der Waals surface area (Å²) < 4.78 is 39.6. The van der Waals surface area contributed by atoms with Crippen molar-refractivity contribution in [1.82, 2.24) is 20.5 Å². The van der Waals surface area contributed by atoms with Crippen LogP contribution in [0.25, 0.3) is 11.4 Å². The molecule has 0 aliphatic rings. The lowest BCUT2D eigenvalue weighted by molar-refractivity contribution is -0.160. The molecule has 0 saturated heterocycles. The summed E-state index contributed by atoms with van der Waals surface area (Å²) in [5.74, 6) is 1.02. The van der Waals surface area contributed by atoms with Crippen LogP contribution in [0.15, 0.2) is 29.4 Å². The molecule has 1 aromatic carbocycles. The van der Waals surface area contributed by atoms with Crippen LogP contribution in [0.1, 0.15) is 5.56 Å². The highest BCUT2D eigenvalue weighted by Crippen LogP contribution is 2.19. The molecule has 0 saturated carbocycles. The summed E-state index contributed by atoms with van der Waals surface area (Å²) in [4.78, 5) is 15.3. The smallest absolute Gasteiger partial charge is 0.422 e. The number of alkyl carbamates (subject to hydrolysis) is 1. The first-order chi connectivity index (χ1) is 11.3. The molecule has 0 unspecified atom stereocenters. The van der Waals surface area contributed by atoms with Gasteiger partial charge in [-0.05, 0) is 6.92 Å². The van der Waals surface area contributed by atoms with Crippen LogP contribution in [0.4, 0.5) is 18.0 Å². The fourth-order valence-electron chi connectivity index (χ4n) is 1.65. The van der Waals surface area contributed by atoms with E-state index in [-0.39, 0.29) is 6.54 Å². The number of hydrogen-bond donors (Lipinski definition) is 2. The average molecular weight is 360 g/mol. The Balaban J connectivity index is 1.72. The van der Waals surface area contributed by atoms with E-state index in [9.17, 15) is 18.0 Å². The normalized spacial score (nSPS) is 11.3. The number of alkyl halides is 3. The van der Waals surface area contributed by atoms with Crippen molar-refractivity contribution in [2.75, 3.05) is 18.9 Å². The van der Waals surface area contributed by atoms with Gasteiger partial charge in [0.1, 0.15) is 0 Å². The quantitative estimate of drug-likeness (QED) is 0.611. The predicted molar refractivity (Wildman–Crippen MR) is 82.7 cm³/mol. The molecule has 24 heavy (non-hydrogen) atoms. The molecule has 0 spiro atoms. The van der Waals surface area contributed by atoms with Crippen molar-refractivity contribution in [1.29, 1.82) is 0 Å². The third kappa shape index (κ3) is 6.11. The summed E-state index contributed by atoms with van der Waals surface area (Å²) in [6.45, 7) is 0.515. The monoisotopic (exact) mass is 360 g/mol. The van der Waals surface area contributed by atoms with Crippen molar-refractivity contribution >= 4 is 17.9 Å². The number of benzene rings is 1. The molecular formula is C14H15F3N4O2S. The number of aromatic amines is 1. The molecule has 2 N–H and O–H groups in total. The second-order valence-corrected chi connectivity index (χ2v) is 5.86. The van der Waals surface area contributed by atoms with Gasteiger partial charge in [0, 0.05) is 17.9 Å². The van der Waals surface area contributed by atoms with Gasteiger partial charge in [-0.15, -0.1) is 5.10 Å². The molecule has 10 heteroatoms. The number of aromatic nitrogens is 3. The number of amides is 1. The number of H-pyrrole nitrogens is 1. The molecule has 1 amide bonds. The Morgan fingerprint density at radius 1 is 1.33 bits per heavy atom. The number of halogens is 3. The number of nitrogens with one attached hydrogen (secondary N) is 2. The molecule has 1 aromatic heterocycles. The largest absolute Gasteiger partial charge is 0.440 e. The van der Waals surface area contributed by atoms with Gasteiger partial charge >= 0.3 is 12.3 Å². The highest BCUT2D eigenvalue weighted by molar-refractivity contribution is 7.99. The molecule has 0 aliphatic heterocycles. The highest BCUT2D eigenvalue weighted by Gasteiger charge is 2.29. The van der Waals surface area contributed by atoms with Crippen LogP contribution >= 0.6 is 11.8 Å². The fourth-order valence-corrected chi connectivity index (χ4v) is 2.30. The van der Waals surface area contributed by atoms with Crippen LogP contribution in [0.2, 0.25) is 0 Å². The van der Waals surface area contributed by atoms with E-state index < -0.39 is 18.9 Å². The Morgan fingerprint density at radius 3 is 2.71 bits per heavy atom. The van der Waals surface area contributed by atoms with Gasteiger partial charge in [-0.25, -0.2) is 9.78 Å². The molecule has 1 heterocycles. The first kappa shape index (κ1) is 18.1. The van der Waals surface area contributed by atoms with Crippen LogP contribution in [0, 0.1) is 6.92 Å². The molecule has 2 rings (SSSR count). The molecule has 0 fully saturated rings. The topological polar surface area (TPSA) is 79.9 Å². The number of carbonyl (C=O) groups excluding carboxylic acids is 1. The molecule has 2 aromatic rings. The zero-order chi connectivity index (χ0) is 17.6. The average Bonchev–Trinajstić information content (AvgIpc) is 2.98. The van der Waals surface area contributed by atoms with E-state index in [0.717, 1.165) is 11.1 Å². The maximum absolute atomic E-state index is 11.9. The first-order valence-electron chi connectivity index (χ1n) is 6.93. The number of thioether (sulfide) groups is 1. The maximum Gasteiger partial charge on any atom is 0.422 e. The second kappa shape index (κ2) is 8.04. The SMILES string of the molecule is Cc1ccc(-c2nc(SCCNC(=O)OCC(F)(F)F)n[nH]2)cc1. The number of carbonyl (C=O) groups is 1. The summed E-state index contributed by atoms with van der Waals surface area (Å²) in [5.41, 5.74) is 2.03. The molecule has 0 atom stereocenters. The van der Waals surface area contributed by atoms with E-state index in [1.54, 1.807) is 0 Å². The van der Waals surface area contributed by atoms with Gasteiger partial charge in [0.2, 0.25) is 5.16 Å². The summed E-state index contributed by atoms with van der Waals surface area (Å²) in [6.07, 6.45) is -5.64. The van der Waals surface area contributed by atoms with E-state index in [1.165, 1.54) is 11.8 Å². The summed E-state index contributed by atoms with van der Waals surface area (Å²) in [5, 5.41) is 9.55.